The fourth-order valence-corrected chi connectivity index (χ4v) is 2.29. The van der Waals surface area contributed by atoms with Crippen molar-refractivity contribution in [3.05, 3.63) is 66.2 Å². The van der Waals surface area contributed by atoms with Gasteiger partial charge in [-0.15, -0.1) is 0 Å². The van der Waals surface area contributed by atoms with Crippen LogP contribution in [0.3, 0.4) is 0 Å². The molecule has 0 bridgehead atoms. The lowest BCUT2D eigenvalue weighted by atomic mass is 10.2. The van der Waals surface area contributed by atoms with E-state index in [9.17, 15) is 9.59 Å². The average Bonchev–Trinajstić information content (AvgIpc) is 2.65. The molecule has 0 heterocycles. The minimum absolute atomic E-state index is 0.0213. The molecule has 0 aliphatic rings. The normalized spacial score (nSPS) is 10.5. The second-order valence-electron chi connectivity index (χ2n) is 5.34. The van der Waals surface area contributed by atoms with Crippen LogP contribution in [0.1, 0.15) is 12.5 Å². The van der Waals surface area contributed by atoms with Gasteiger partial charge < -0.3 is 15.0 Å². The molecule has 2 amide bonds. The smallest absolute Gasteiger partial charge is 0.247 e. The second-order valence-corrected chi connectivity index (χ2v) is 5.34. The highest BCUT2D eigenvalue weighted by molar-refractivity contribution is 5.98. The van der Waals surface area contributed by atoms with Crippen molar-refractivity contribution in [1.82, 2.24) is 4.90 Å². The Morgan fingerprint density at radius 1 is 1.08 bits per heavy atom. The van der Waals surface area contributed by atoms with Crippen LogP contribution in [-0.2, 0) is 9.59 Å². The van der Waals surface area contributed by atoms with Gasteiger partial charge in [-0.05, 0) is 30.7 Å². The maximum atomic E-state index is 12.3. The van der Waals surface area contributed by atoms with Crippen LogP contribution in [0.5, 0.6) is 5.75 Å². The zero-order valence-corrected chi connectivity index (χ0v) is 14.4. The largest absolute Gasteiger partial charge is 0.495 e. The molecule has 0 aliphatic carbocycles. The van der Waals surface area contributed by atoms with Crippen molar-refractivity contribution in [3.63, 3.8) is 0 Å². The van der Waals surface area contributed by atoms with Crippen molar-refractivity contribution >= 4 is 23.6 Å². The summed E-state index contributed by atoms with van der Waals surface area (Å²) in [5.41, 5.74) is 1.52. The highest BCUT2D eigenvalue weighted by atomic mass is 16.5. The lowest BCUT2D eigenvalue weighted by Crippen LogP contribution is -2.36. The van der Waals surface area contributed by atoms with Crippen molar-refractivity contribution in [2.75, 3.05) is 25.5 Å². The Labute approximate surface area is 147 Å². The molecule has 5 heteroatoms. The summed E-state index contributed by atoms with van der Waals surface area (Å²) in [4.78, 5) is 26.0. The number of nitrogens with zero attached hydrogens (tertiary/aromatic N) is 1. The zero-order valence-electron chi connectivity index (χ0n) is 14.4. The summed E-state index contributed by atoms with van der Waals surface area (Å²) in [5.74, 6) is 0.100. The number of rotatable bonds is 7. The molecule has 2 aromatic carbocycles. The van der Waals surface area contributed by atoms with E-state index in [0.717, 1.165) is 5.56 Å². The van der Waals surface area contributed by atoms with Crippen molar-refractivity contribution in [1.29, 1.82) is 0 Å². The number of carbonyl (C=O) groups is 2. The molecule has 0 saturated heterocycles. The Morgan fingerprint density at radius 2 is 1.76 bits per heavy atom. The highest BCUT2D eigenvalue weighted by Gasteiger charge is 2.14. The summed E-state index contributed by atoms with van der Waals surface area (Å²) >= 11 is 0. The number of hydrogen-bond donors (Lipinski definition) is 1. The molecule has 25 heavy (non-hydrogen) atoms. The van der Waals surface area contributed by atoms with E-state index in [4.69, 9.17) is 4.74 Å². The Hall–Kier alpha value is -3.08. The van der Waals surface area contributed by atoms with Crippen molar-refractivity contribution in [2.24, 2.45) is 0 Å². The van der Waals surface area contributed by atoms with E-state index in [1.165, 1.54) is 11.0 Å². The number of benzene rings is 2. The maximum absolute atomic E-state index is 12.3. The molecule has 130 valence electrons. The van der Waals surface area contributed by atoms with Crippen LogP contribution in [0.15, 0.2) is 60.7 Å². The molecular formula is C20H22N2O3. The highest BCUT2D eigenvalue weighted by Crippen LogP contribution is 2.22. The van der Waals surface area contributed by atoms with Crippen molar-refractivity contribution in [3.8, 4) is 5.75 Å². The number of likely N-dealkylation sites (N-methyl/N-ethyl adjacent to an activating group) is 1. The molecule has 0 atom stereocenters. The lowest BCUT2D eigenvalue weighted by molar-refractivity contribution is -0.130. The van der Waals surface area contributed by atoms with Gasteiger partial charge in [0.1, 0.15) is 12.3 Å². The van der Waals surface area contributed by atoms with Gasteiger partial charge in [0.25, 0.3) is 0 Å². The Balaban J connectivity index is 1.97. The third-order valence-corrected chi connectivity index (χ3v) is 3.63. The molecule has 0 spiro atoms. The monoisotopic (exact) mass is 338 g/mol. The zero-order chi connectivity index (χ0) is 18.1. The first-order chi connectivity index (χ1) is 12.1. The minimum Gasteiger partial charge on any atom is -0.495 e. The standard InChI is InChI=1S/C20H22N2O3/c1-3-22(20(24)14-13-16-9-5-4-6-10-16)15-19(23)21-17-11-7-8-12-18(17)25-2/h4-14H,3,15H2,1-2H3,(H,21,23)/b14-13+. The van der Waals surface area contributed by atoms with E-state index in [1.807, 2.05) is 49.4 Å². The van der Waals surface area contributed by atoms with Crippen LogP contribution in [-0.4, -0.2) is 36.9 Å². The van der Waals surface area contributed by atoms with E-state index in [2.05, 4.69) is 5.32 Å². The molecular weight excluding hydrogens is 316 g/mol. The molecule has 0 aromatic heterocycles. The SMILES string of the molecule is CCN(CC(=O)Nc1ccccc1OC)C(=O)/C=C/c1ccccc1. The first kappa shape index (κ1) is 18.3. The third kappa shape index (κ3) is 5.49. The predicted octanol–water partition coefficient (Wildman–Crippen LogP) is 3.20. The quantitative estimate of drug-likeness (QED) is 0.789. The molecule has 1 N–H and O–H groups in total. The number of para-hydroxylation sites is 2. The Bertz CT molecular complexity index is 742. The van der Waals surface area contributed by atoms with Crippen LogP contribution in [0.25, 0.3) is 6.08 Å². The molecule has 0 saturated carbocycles. The van der Waals surface area contributed by atoms with Crippen LogP contribution < -0.4 is 10.1 Å². The fraction of sp³-hybridized carbons (Fsp3) is 0.200. The first-order valence-electron chi connectivity index (χ1n) is 8.09. The summed E-state index contributed by atoms with van der Waals surface area (Å²) < 4.78 is 5.21. The number of amides is 2. The number of ether oxygens (including phenoxy) is 1. The topological polar surface area (TPSA) is 58.6 Å². The molecule has 0 aliphatic heterocycles. The van der Waals surface area contributed by atoms with Crippen molar-refractivity contribution in [2.45, 2.75) is 6.92 Å². The predicted molar refractivity (Wildman–Crippen MR) is 99.4 cm³/mol. The van der Waals surface area contributed by atoms with E-state index < -0.39 is 0 Å². The van der Waals surface area contributed by atoms with E-state index >= 15 is 0 Å². The second kappa shape index (κ2) is 9.27. The summed E-state index contributed by atoms with van der Waals surface area (Å²) in [6.45, 7) is 2.26. The van der Waals surface area contributed by atoms with Crippen LogP contribution in [0, 0.1) is 0 Å². The lowest BCUT2D eigenvalue weighted by Gasteiger charge is -2.19. The number of anilines is 1. The van der Waals surface area contributed by atoms with Gasteiger partial charge in [-0.3, -0.25) is 9.59 Å². The molecule has 0 fully saturated rings. The number of carbonyl (C=O) groups excluding carboxylic acids is 2. The maximum Gasteiger partial charge on any atom is 0.247 e. The molecule has 2 aromatic rings. The molecule has 5 nitrogen and oxygen atoms in total. The van der Waals surface area contributed by atoms with Gasteiger partial charge in [-0.1, -0.05) is 42.5 Å². The van der Waals surface area contributed by atoms with Crippen LogP contribution in [0.2, 0.25) is 0 Å². The van der Waals surface area contributed by atoms with E-state index in [-0.39, 0.29) is 18.4 Å². The van der Waals surface area contributed by atoms with E-state index in [0.29, 0.717) is 18.0 Å². The number of nitrogens with one attached hydrogen (secondary N) is 1. The van der Waals surface area contributed by atoms with Crippen molar-refractivity contribution < 1.29 is 14.3 Å². The van der Waals surface area contributed by atoms with Gasteiger partial charge in [0.2, 0.25) is 11.8 Å². The third-order valence-electron chi connectivity index (χ3n) is 3.63. The molecule has 2 rings (SSSR count). The summed E-state index contributed by atoms with van der Waals surface area (Å²) in [6.07, 6.45) is 3.22. The van der Waals surface area contributed by atoms with Gasteiger partial charge in [0.05, 0.1) is 12.8 Å². The number of hydrogen-bond acceptors (Lipinski definition) is 3. The number of methoxy groups -OCH3 is 1. The van der Waals surface area contributed by atoms with E-state index in [1.54, 1.807) is 25.3 Å². The Morgan fingerprint density at radius 3 is 2.44 bits per heavy atom. The summed E-state index contributed by atoms with van der Waals surface area (Å²) in [6, 6.07) is 16.7. The van der Waals surface area contributed by atoms with Crippen LogP contribution >= 0.6 is 0 Å². The fourth-order valence-electron chi connectivity index (χ4n) is 2.29. The minimum atomic E-state index is -0.271. The van der Waals surface area contributed by atoms with Gasteiger partial charge >= 0.3 is 0 Å². The summed E-state index contributed by atoms with van der Waals surface area (Å²) in [5, 5.41) is 2.77. The Kier molecular flexibility index (Phi) is 6.77. The van der Waals surface area contributed by atoms with Gasteiger partial charge in [0.15, 0.2) is 0 Å². The van der Waals surface area contributed by atoms with Gasteiger partial charge in [0, 0.05) is 12.6 Å². The molecule has 0 radical (unpaired) electrons. The van der Waals surface area contributed by atoms with Gasteiger partial charge in [-0.25, -0.2) is 0 Å². The summed E-state index contributed by atoms with van der Waals surface area (Å²) in [7, 11) is 1.54. The first-order valence-corrected chi connectivity index (χ1v) is 8.09. The molecule has 0 unspecified atom stereocenters. The average molecular weight is 338 g/mol. The van der Waals surface area contributed by atoms with Gasteiger partial charge in [-0.2, -0.15) is 0 Å². The van der Waals surface area contributed by atoms with Crippen LogP contribution in [0.4, 0.5) is 5.69 Å².